The molecule has 0 rings (SSSR count). The van der Waals surface area contributed by atoms with Crippen LogP contribution in [0.3, 0.4) is 0 Å². The van der Waals surface area contributed by atoms with Crippen LogP contribution in [0.4, 0.5) is 0 Å². The molecule has 0 N–H and O–H groups in total. The van der Waals surface area contributed by atoms with Crippen LogP contribution in [0.1, 0.15) is 187 Å². The number of aliphatic carboxylic acids is 1. The lowest BCUT2D eigenvalue weighted by Crippen LogP contribution is -2.55. The summed E-state index contributed by atoms with van der Waals surface area (Å²) in [5.74, 6) is -1.81. The van der Waals surface area contributed by atoms with E-state index < -0.39 is 18.1 Å². The summed E-state index contributed by atoms with van der Waals surface area (Å²) < 4.78 is 17.2. The van der Waals surface area contributed by atoms with Gasteiger partial charge in [-0.3, -0.25) is 9.59 Å². The summed E-state index contributed by atoms with van der Waals surface area (Å²) >= 11 is 0. The number of hydrogen-bond donors (Lipinski definition) is 0. The van der Waals surface area contributed by atoms with Crippen molar-refractivity contribution < 1.29 is 38.2 Å². The number of nitrogens with zero attached hydrogens (tertiary/aromatic N) is 1. The van der Waals surface area contributed by atoms with Crippen LogP contribution in [-0.2, 0) is 28.6 Å². The van der Waals surface area contributed by atoms with Crippen molar-refractivity contribution in [3.63, 3.8) is 0 Å². The molecule has 0 aromatic rings. The molecule has 0 aliphatic carbocycles. The Labute approximate surface area is 392 Å². The predicted molar refractivity (Wildman–Crippen MR) is 268 cm³/mol. The topological polar surface area (TPSA) is 102 Å². The highest BCUT2D eigenvalue weighted by atomic mass is 16.6. The van der Waals surface area contributed by atoms with Gasteiger partial charge in [-0.1, -0.05) is 175 Å². The van der Waals surface area contributed by atoms with E-state index in [1.807, 2.05) is 0 Å². The van der Waals surface area contributed by atoms with E-state index in [0.717, 1.165) is 103 Å². The van der Waals surface area contributed by atoms with E-state index in [4.69, 9.17) is 14.2 Å². The Kier molecular flexibility index (Phi) is 43.1. The van der Waals surface area contributed by atoms with Gasteiger partial charge in [-0.05, 0) is 89.9 Å². The fraction of sp³-hybridized carbons (Fsp3) is 0.661. The summed E-state index contributed by atoms with van der Waals surface area (Å²) in [6.07, 6.45) is 61.5. The summed E-state index contributed by atoms with van der Waals surface area (Å²) in [5, 5.41) is 11.7. The van der Waals surface area contributed by atoms with E-state index in [9.17, 15) is 19.5 Å². The number of carboxylic acid groups (broad SMARTS) is 1. The maximum atomic E-state index is 12.8. The molecule has 364 valence electrons. The number of ether oxygens (including phenoxy) is 3. The van der Waals surface area contributed by atoms with Gasteiger partial charge >= 0.3 is 11.9 Å². The van der Waals surface area contributed by atoms with Crippen molar-refractivity contribution in [2.75, 3.05) is 41.0 Å². The molecule has 0 saturated heterocycles. The molecule has 0 amide bonds. The Morgan fingerprint density at radius 2 is 0.922 bits per heavy atom. The number of allylic oxidation sites excluding steroid dienone is 16. The Morgan fingerprint density at radius 3 is 1.41 bits per heavy atom. The molecule has 0 bridgehead atoms. The van der Waals surface area contributed by atoms with Crippen molar-refractivity contribution in [1.29, 1.82) is 0 Å². The van der Waals surface area contributed by atoms with Gasteiger partial charge in [0.2, 0.25) is 0 Å². The SMILES string of the molecule is CC/C=C/C/C=C/C/C=C/C/C=C/C/C=C/C/C=C/CCCCCC(=O)OC(COCCC(C(=O)[O-])[N+](C)(C)C)COC(=O)CCCCCCC/C=C/C=C/CCCCCCCCC. The lowest BCUT2D eigenvalue weighted by atomic mass is 10.1. The maximum Gasteiger partial charge on any atom is 0.306 e. The van der Waals surface area contributed by atoms with Crippen molar-refractivity contribution in [3.05, 3.63) is 97.2 Å². The van der Waals surface area contributed by atoms with Crippen molar-refractivity contribution in [1.82, 2.24) is 0 Å². The molecule has 0 aliphatic heterocycles. The van der Waals surface area contributed by atoms with E-state index in [1.54, 1.807) is 21.1 Å². The molecule has 2 atom stereocenters. The van der Waals surface area contributed by atoms with Crippen LogP contribution >= 0.6 is 0 Å². The molecule has 0 aromatic heterocycles. The van der Waals surface area contributed by atoms with Crippen LogP contribution in [0.15, 0.2) is 97.2 Å². The molecule has 0 spiro atoms. The number of carbonyl (C=O) groups excluding carboxylic acids is 3. The number of carbonyl (C=O) groups is 3. The molecule has 8 heteroatoms. The minimum Gasteiger partial charge on any atom is -0.544 e. The van der Waals surface area contributed by atoms with Crippen LogP contribution in [0.2, 0.25) is 0 Å². The molecule has 0 aromatic carbocycles. The zero-order valence-corrected chi connectivity index (χ0v) is 41.4. The van der Waals surface area contributed by atoms with Gasteiger partial charge in [0.05, 0.1) is 40.3 Å². The molecule has 0 saturated carbocycles. The highest BCUT2D eigenvalue weighted by molar-refractivity contribution is 5.70. The number of unbranched alkanes of at least 4 members (excludes halogenated alkanes) is 15. The first-order chi connectivity index (χ1) is 31.1. The fourth-order valence-corrected chi connectivity index (χ4v) is 6.83. The van der Waals surface area contributed by atoms with Crippen LogP contribution < -0.4 is 5.11 Å². The van der Waals surface area contributed by atoms with Crippen molar-refractivity contribution in [2.45, 2.75) is 199 Å². The first-order valence-electron chi connectivity index (χ1n) is 25.3. The average molecular weight is 892 g/mol. The number of likely N-dealkylation sites (N-methyl/N-ethyl adjacent to an activating group) is 1. The monoisotopic (exact) mass is 892 g/mol. The Hall–Kier alpha value is -3.75. The third-order valence-electron chi connectivity index (χ3n) is 10.7. The normalized spacial score (nSPS) is 13.7. The number of quaternary nitrogens is 1. The zero-order valence-electron chi connectivity index (χ0n) is 41.4. The van der Waals surface area contributed by atoms with Crippen molar-refractivity contribution in [2.24, 2.45) is 0 Å². The number of esters is 2. The second kappa shape index (κ2) is 45.8. The van der Waals surface area contributed by atoms with Crippen LogP contribution in [0.25, 0.3) is 0 Å². The molecule has 0 aliphatic rings. The van der Waals surface area contributed by atoms with E-state index >= 15 is 0 Å². The smallest absolute Gasteiger partial charge is 0.306 e. The van der Waals surface area contributed by atoms with E-state index in [-0.39, 0.29) is 49.1 Å². The molecule has 0 radical (unpaired) electrons. The molecule has 64 heavy (non-hydrogen) atoms. The summed E-state index contributed by atoms with van der Waals surface area (Å²) in [6, 6.07) is -0.741. The standard InChI is InChI=1S/C56H93NO7/c1-6-8-10-12-14-16-18-20-22-24-26-27-28-29-31-33-35-37-39-41-43-45-47-55(59)64-52(50-62-49-48-53(56(60)61)57(3,4)5)51-63-54(58)46-44-42-40-38-36-34-32-30-25-23-21-19-17-15-13-11-9-7-2/h8,10,14,16,20,22-23,25-27,29-32,35,37,52-53H,6-7,9,11-13,15,17-19,21,24,28,33-34,36,38-51H2,1-5H3/b10-8+,16-14+,22-20+,25-23+,27-26+,31-29+,32-30+,37-35+. The van der Waals surface area contributed by atoms with Crippen LogP contribution in [-0.4, -0.2) is 75.5 Å². The van der Waals surface area contributed by atoms with Gasteiger partial charge in [0.25, 0.3) is 0 Å². The number of rotatable bonds is 44. The number of carboxylic acids is 1. The van der Waals surface area contributed by atoms with E-state index in [0.29, 0.717) is 12.8 Å². The Balaban J connectivity index is 4.39. The third-order valence-corrected chi connectivity index (χ3v) is 10.7. The predicted octanol–water partition coefficient (Wildman–Crippen LogP) is 13.3. The fourth-order valence-electron chi connectivity index (χ4n) is 6.83. The van der Waals surface area contributed by atoms with E-state index in [1.165, 1.54) is 44.9 Å². The highest BCUT2D eigenvalue weighted by Crippen LogP contribution is 2.13. The summed E-state index contributed by atoms with van der Waals surface area (Å²) in [4.78, 5) is 37.0. The summed E-state index contributed by atoms with van der Waals surface area (Å²) in [7, 11) is 5.39. The average Bonchev–Trinajstić information content (AvgIpc) is 3.26. The lowest BCUT2D eigenvalue weighted by Gasteiger charge is -2.34. The number of hydrogen-bond acceptors (Lipinski definition) is 7. The van der Waals surface area contributed by atoms with Gasteiger partial charge in [-0.15, -0.1) is 0 Å². The third kappa shape index (κ3) is 43.5. The molecular formula is C56H93NO7. The lowest BCUT2D eigenvalue weighted by molar-refractivity contribution is -0.889. The molecule has 2 unspecified atom stereocenters. The molecular weight excluding hydrogens is 799 g/mol. The summed E-state index contributed by atoms with van der Waals surface area (Å²) in [5.41, 5.74) is 0. The molecule has 0 heterocycles. The van der Waals surface area contributed by atoms with Crippen molar-refractivity contribution >= 4 is 17.9 Å². The van der Waals surface area contributed by atoms with Gasteiger partial charge in [0.1, 0.15) is 12.6 Å². The highest BCUT2D eigenvalue weighted by Gasteiger charge is 2.25. The Morgan fingerprint density at radius 1 is 0.500 bits per heavy atom. The maximum absolute atomic E-state index is 12.8. The zero-order chi connectivity index (χ0) is 47.0. The minimum atomic E-state index is -1.14. The largest absolute Gasteiger partial charge is 0.544 e. The minimum absolute atomic E-state index is 0.0159. The van der Waals surface area contributed by atoms with Gasteiger partial charge in [0.15, 0.2) is 6.10 Å². The van der Waals surface area contributed by atoms with Crippen LogP contribution in [0, 0.1) is 0 Å². The first-order valence-corrected chi connectivity index (χ1v) is 25.3. The van der Waals surface area contributed by atoms with Crippen molar-refractivity contribution in [3.8, 4) is 0 Å². The van der Waals surface area contributed by atoms with Gasteiger partial charge in [-0.25, -0.2) is 0 Å². The quantitative estimate of drug-likeness (QED) is 0.0197. The van der Waals surface area contributed by atoms with Gasteiger partial charge in [0, 0.05) is 19.3 Å². The van der Waals surface area contributed by atoms with Crippen LogP contribution in [0.5, 0.6) is 0 Å². The second-order valence-electron chi connectivity index (χ2n) is 17.7. The van der Waals surface area contributed by atoms with Gasteiger partial charge in [-0.2, -0.15) is 0 Å². The molecule has 0 fully saturated rings. The van der Waals surface area contributed by atoms with E-state index in [2.05, 4.69) is 111 Å². The first kappa shape index (κ1) is 60.2. The summed E-state index contributed by atoms with van der Waals surface area (Å²) in [6.45, 7) is 4.48. The van der Waals surface area contributed by atoms with Gasteiger partial charge < -0.3 is 28.6 Å². The second-order valence-corrected chi connectivity index (χ2v) is 17.7. The Bertz CT molecular complexity index is 1360. The molecule has 8 nitrogen and oxygen atoms in total.